The Bertz CT molecular complexity index is 742. The van der Waals surface area contributed by atoms with Gasteiger partial charge in [-0.1, -0.05) is 36.4 Å². The smallest absolute Gasteiger partial charge is 0.340 e. The average molecular weight is 361 g/mol. The summed E-state index contributed by atoms with van der Waals surface area (Å²) in [7, 11) is 1.52. The second-order valence-corrected chi connectivity index (χ2v) is 6.25. The largest absolute Gasteiger partial charge is 0.496 e. The van der Waals surface area contributed by atoms with Gasteiger partial charge in [-0.3, -0.25) is 4.79 Å². The number of benzene rings is 2. The number of cyclic esters (lactones) is 1. The monoisotopic (exact) mass is 360 g/mol. The third kappa shape index (κ3) is 2.41. The number of carbonyl (C=O) groups excluding carboxylic acids is 2. The Morgan fingerprint density at radius 3 is 2.59 bits per heavy atom. The topological polar surface area (TPSA) is 52.6 Å². The molecule has 0 aromatic heterocycles. The van der Waals surface area contributed by atoms with Crippen LogP contribution in [0.2, 0.25) is 0 Å². The van der Waals surface area contributed by atoms with Crippen LogP contribution in [0, 0.1) is 0 Å². The van der Waals surface area contributed by atoms with E-state index in [4.69, 9.17) is 9.47 Å². The first-order valence-electron chi connectivity index (χ1n) is 6.73. The van der Waals surface area contributed by atoms with E-state index >= 15 is 0 Å². The number of methoxy groups -OCH3 is 1. The van der Waals surface area contributed by atoms with Crippen molar-refractivity contribution in [1.82, 2.24) is 0 Å². The van der Waals surface area contributed by atoms with Gasteiger partial charge in [0.1, 0.15) is 5.75 Å². The highest BCUT2D eigenvalue weighted by Gasteiger charge is 2.47. The molecule has 22 heavy (non-hydrogen) atoms. The first-order valence-corrected chi connectivity index (χ1v) is 7.52. The summed E-state index contributed by atoms with van der Waals surface area (Å²) in [6, 6.07) is 14.0. The van der Waals surface area contributed by atoms with Crippen LogP contribution in [0.25, 0.3) is 0 Å². The molecule has 0 aliphatic carbocycles. The van der Waals surface area contributed by atoms with Gasteiger partial charge in [-0.2, -0.15) is 0 Å². The highest BCUT2D eigenvalue weighted by molar-refractivity contribution is 9.09. The summed E-state index contributed by atoms with van der Waals surface area (Å²) < 4.78 is 9.55. The fourth-order valence-electron chi connectivity index (χ4n) is 2.57. The molecule has 3 rings (SSSR count). The second-order valence-electron chi connectivity index (χ2n) is 4.97. The number of fused-ring (bicyclic) bond motifs is 1. The maximum absolute atomic E-state index is 12.5. The molecule has 0 amide bonds. The van der Waals surface area contributed by atoms with Gasteiger partial charge >= 0.3 is 5.97 Å². The Balaban J connectivity index is 1.99. The molecule has 1 unspecified atom stereocenters. The second kappa shape index (κ2) is 5.57. The molecule has 0 fully saturated rings. The molecule has 0 bridgehead atoms. The van der Waals surface area contributed by atoms with Crippen molar-refractivity contribution in [3.8, 4) is 5.75 Å². The van der Waals surface area contributed by atoms with E-state index in [0.29, 0.717) is 22.4 Å². The van der Waals surface area contributed by atoms with E-state index < -0.39 is 10.5 Å². The van der Waals surface area contributed by atoms with Gasteiger partial charge in [0.25, 0.3) is 0 Å². The van der Waals surface area contributed by atoms with Crippen molar-refractivity contribution in [2.75, 3.05) is 7.11 Å². The number of esters is 1. The predicted molar refractivity (Wildman–Crippen MR) is 84.4 cm³/mol. The first-order chi connectivity index (χ1) is 10.5. The van der Waals surface area contributed by atoms with Gasteiger partial charge in [0.15, 0.2) is 5.78 Å². The standard InChI is InChI=1S/C17H13BrO4/c1-21-14-9-5-8-12-15(14)17(18,22-16(12)20)10-13(19)11-6-3-2-4-7-11/h2-9H,10H2,1H3. The van der Waals surface area contributed by atoms with E-state index in [1.54, 1.807) is 42.5 Å². The van der Waals surface area contributed by atoms with E-state index in [-0.39, 0.29) is 12.2 Å². The minimum atomic E-state index is -1.20. The van der Waals surface area contributed by atoms with Crippen molar-refractivity contribution < 1.29 is 19.1 Å². The quantitative estimate of drug-likeness (QED) is 0.474. The van der Waals surface area contributed by atoms with Crippen LogP contribution < -0.4 is 4.74 Å². The van der Waals surface area contributed by atoms with Crippen LogP contribution in [-0.4, -0.2) is 18.9 Å². The lowest BCUT2D eigenvalue weighted by atomic mass is 9.97. The minimum absolute atomic E-state index is 0.00384. The summed E-state index contributed by atoms with van der Waals surface area (Å²) in [5.41, 5.74) is 1.55. The van der Waals surface area contributed by atoms with E-state index in [0.717, 1.165) is 0 Å². The lowest BCUT2D eigenvalue weighted by Gasteiger charge is -2.22. The van der Waals surface area contributed by atoms with Gasteiger partial charge in [-0.25, -0.2) is 4.79 Å². The van der Waals surface area contributed by atoms with Crippen LogP contribution in [-0.2, 0) is 9.25 Å². The summed E-state index contributed by atoms with van der Waals surface area (Å²) in [4.78, 5) is 24.5. The number of alkyl halides is 1. The summed E-state index contributed by atoms with van der Waals surface area (Å²) in [5, 5.41) is 0. The Hall–Kier alpha value is -2.14. The highest BCUT2D eigenvalue weighted by atomic mass is 79.9. The maximum Gasteiger partial charge on any atom is 0.340 e. The molecule has 1 aliphatic rings. The fourth-order valence-corrected chi connectivity index (χ4v) is 3.38. The Morgan fingerprint density at radius 2 is 1.91 bits per heavy atom. The SMILES string of the molecule is COc1cccc2c1C(Br)(CC(=O)c1ccccc1)OC2=O. The van der Waals surface area contributed by atoms with E-state index in [1.165, 1.54) is 7.11 Å². The van der Waals surface area contributed by atoms with Crippen LogP contribution >= 0.6 is 15.9 Å². The first kappa shape index (κ1) is 14.8. The molecule has 0 saturated heterocycles. The number of ketones is 1. The molecule has 4 nitrogen and oxygen atoms in total. The lowest BCUT2D eigenvalue weighted by molar-refractivity contribution is 0.0287. The molecular formula is C17H13BrO4. The van der Waals surface area contributed by atoms with Crippen LogP contribution in [0.4, 0.5) is 0 Å². The summed E-state index contributed by atoms with van der Waals surface area (Å²) in [6.07, 6.45) is -0.00384. The van der Waals surface area contributed by atoms with Gasteiger partial charge in [0, 0.05) is 5.56 Å². The molecular weight excluding hydrogens is 348 g/mol. The Labute approximate surface area is 136 Å². The number of halogens is 1. The van der Waals surface area contributed by atoms with Crippen molar-refractivity contribution in [2.45, 2.75) is 10.9 Å². The summed E-state index contributed by atoms with van der Waals surface area (Å²) in [5.74, 6) is -0.0724. The van der Waals surface area contributed by atoms with Crippen molar-refractivity contribution in [2.24, 2.45) is 0 Å². The van der Waals surface area contributed by atoms with Crippen LogP contribution in [0.3, 0.4) is 0 Å². The fraction of sp³-hybridized carbons (Fsp3) is 0.176. The summed E-state index contributed by atoms with van der Waals surface area (Å²) >= 11 is 3.43. The zero-order chi connectivity index (χ0) is 15.7. The molecule has 1 aliphatic heterocycles. The van der Waals surface area contributed by atoms with Gasteiger partial charge in [-0.05, 0) is 28.1 Å². The van der Waals surface area contributed by atoms with Crippen LogP contribution in [0.1, 0.15) is 32.7 Å². The zero-order valence-corrected chi connectivity index (χ0v) is 13.4. The van der Waals surface area contributed by atoms with Gasteiger partial charge in [-0.15, -0.1) is 0 Å². The zero-order valence-electron chi connectivity index (χ0n) is 11.8. The van der Waals surface area contributed by atoms with Crippen molar-refractivity contribution in [3.05, 3.63) is 65.2 Å². The number of rotatable bonds is 4. The molecule has 2 aromatic carbocycles. The molecule has 5 heteroatoms. The lowest BCUT2D eigenvalue weighted by Crippen LogP contribution is -2.23. The number of hydrogen-bond donors (Lipinski definition) is 0. The van der Waals surface area contributed by atoms with Gasteiger partial charge in [0.2, 0.25) is 4.51 Å². The van der Waals surface area contributed by atoms with E-state index in [1.807, 2.05) is 6.07 Å². The molecule has 0 N–H and O–H groups in total. The Morgan fingerprint density at radius 1 is 1.18 bits per heavy atom. The van der Waals surface area contributed by atoms with E-state index in [9.17, 15) is 9.59 Å². The predicted octanol–water partition coefficient (Wildman–Crippen LogP) is 3.69. The van der Waals surface area contributed by atoms with Crippen LogP contribution in [0.5, 0.6) is 5.75 Å². The van der Waals surface area contributed by atoms with E-state index in [2.05, 4.69) is 15.9 Å². The molecule has 112 valence electrons. The Kier molecular flexibility index (Phi) is 3.74. The highest BCUT2D eigenvalue weighted by Crippen LogP contribution is 2.49. The summed E-state index contributed by atoms with van der Waals surface area (Å²) in [6.45, 7) is 0. The minimum Gasteiger partial charge on any atom is -0.496 e. The molecule has 0 saturated carbocycles. The maximum atomic E-state index is 12.5. The van der Waals surface area contributed by atoms with Crippen LogP contribution in [0.15, 0.2) is 48.5 Å². The molecule has 0 spiro atoms. The molecule has 2 aromatic rings. The van der Waals surface area contributed by atoms with Crippen molar-refractivity contribution in [3.63, 3.8) is 0 Å². The molecule has 1 heterocycles. The molecule has 1 atom stereocenters. The average Bonchev–Trinajstić information content (AvgIpc) is 2.79. The molecule has 0 radical (unpaired) electrons. The number of hydrogen-bond acceptors (Lipinski definition) is 4. The van der Waals surface area contributed by atoms with Gasteiger partial charge in [0.05, 0.1) is 24.7 Å². The van der Waals surface area contributed by atoms with Crippen molar-refractivity contribution >= 4 is 27.7 Å². The number of ether oxygens (including phenoxy) is 2. The number of carbonyl (C=O) groups is 2. The van der Waals surface area contributed by atoms with Crippen molar-refractivity contribution in [1.29, 1.82) is 0 Å². The van der Waals surface area contributed by atoms with Gasteiger partial charge < -0.3 is 9.47 Å². The normalized spacial score (nSPS) is 19.5. The third-order valence-electron chi connectivity index (χ3n) is 3.58. The number of Topliss-reactive ketones (excluding diaryl/α,β-unsaturated/α-hetero) is 1. The third-order valence-corrected chi connectivity index (χ3v) is 4.42.